The molecule has 0 aromatic heterocycles. The summed E-state index contributed by atoms with van der Waals surface area (Å²) in [4.78, 5) is 13.0. The van der Waals surface area contributed by atoms with Gasteiger partial charge in [-0.05, 0) is 54.3 Å². The molecule has 8 nitrogen and oxygen atoms in total. The zero-order valence-electron chi connectivity index (χ0n) is 19.7. The average molecular weight is 495 g/mol. The molecule has 0 spiro atoms. The molecule has 3 aromatic carbocycles. The van der Waals surface area contributed by atoms with Crippen molar-refractivity contribution in [1.82, 2.24) is 10.0 Å². The van der Waals surface area contributed by atoms with E-state index in [1.54, 1.807) is 26.0 Å². The van der Waals surface area contributed by atoms with Gasteiger partial charge >= 0.3 is 0 Å². The second-order valence-corrected chi connectivity index (χ2v) is 10.2. The van der Waals surface area contributed by atoms with Gasteiger partial charge in [-0.3, -0.25) is 4.79 Å². The second kappa shape index (κ2) is 12.3. The number of rotatable bonds is 11. The van der Waals surface area contributed by atoms with Crippen LogP contribution in [-0.4, -0.2) is 38.1 Å². The van der Waals surface area contributed by atoms with E-state index in [1.807, 2.05) is 60.7 Å². The lowest BCUT2D eigenvalue weighted by Gasteiger charge is -2.25. The molecule has 1 amide bonds. The number of amides is 1. The fourth-order valence-corrected chi connectivity index (χ4v) is 4.72. The van der Waals surface area contributed by atoms with Crippen molar-refractivity contribution in [3.63, 3.8) is 0 Å². The summed E-state index contributed by atoms with van der Waals surface area (Å²) in [7, 11) is -3.98. The Morgan fingerprint density at radius 2 is 1.40 bits per heavy atom. The number of hydrogen-bond donors (Lipinski definition) is 3. The van der Waals surface area contributed by atoms with Crippen molar-refractivity contribution in [3.8, 4) is 0 Å². The number of aliphatic hydroxyl groups excluding tert-OH is 1. The smallest absolute Gasteiger partial charge is 0.241 e. The van der Waals surface area contributed by atoms with Gasteiger partial charge in [-0.2, -0.15) is 15.0 Å². The molecule has 0 radical (unpaired) electrons. The van der Waals surface area contributed by atoms with E-state index in [9.17, 15) is 18.3 Å². The molecule has 0 aliphatic carbocycles. The summed E-state index contributed by atoms with van der Waals surface area (Å²) in [6, 6.07) is 23.0. The molecule has 2 atom stereocenters. The standard InChI is InChI=1S/C26H30N4O4S/c1-19(2)25(26(32)27-23(18-31)17-20-9-5-3-6-10-20)30-35(33,34)24-15-13-22(14-16-24)29-28-21-11-7-4-8-12-21/h3-16,19,23,25,30-31H,17-18H2,1-2H3,(H,27,32)/t23-,25-/m0/s1. The molecular weight excluding hydrogens is 464 g/mol. The third kappa shape index (κ3) is 7.81. The Bertz CT molecular complexity index is 1220. The van der Waals surface area contributed by atoms with E-state index in [0.29, 0.717) is 17.8 Å². The van der Waals surface area contributed by atoms with Gasteiger partial charge < -0.3 is 10.4 Å². The van der Waals surface area contributed by atoms with Gasteiger partial charge in [-0.15, -0.1) is 0 Å². The first-order chi connectivity index (χ1) is 16.8. The number of aliphatic hydroxyl groups is 1. The molecule has 184 valence electrons. The monoisotopic (exact) mass is 494 g/mol. The predicted molar refractivity (Wildman–Crippen MR) is 135 cm³/mol. The van der Waals surface area contributed by atoms with Crippen molar-refractivity contribution in [2.45, 2.75) is 37.2 Å². The Balaban J connectivity index is 1.67. The minimum absolute atomic E-state index is 0.0117. The van der Waals surface area contributed by atoms with Crippen LogP contribution in [0.1, 0.15) is 19.4 Å². The normalized spacial score (nSPS) is 13.6. The van der Waals surface area contributed by atoms with Gasteiger partial charge in [0.2, 0.25) is 15.9 Å². The van der Waals surface area contributed by atoms with Crippen molar-refractivity contribution in [2.24, 2.45) is 16.1 Å². The van der Waals surface area contributed by atoms with Gasteiger partial charge in [-0.25, -0.2) is 8.42 Å². The Morgan fingerprint density at radius 3 is 1.94 bits per heavy atom. The highest BCUT2D eigenvalue weighted by Crippen LogP contribution is 2.20. The summed E-state index contributed by atoms with van der Waals surface area (Å²) in [6.07, 6.45) is 0.430. The maximum Gasteiger partial charge on any atom is 0.241 e. The van der Waals surface area contributed by atoms with E-state index in [0.717, 1.165) is 5.56 Å². The first kappa shape index (κ1) is 26.2. The van der Waals surface area contributed by atoms with Crippen LogP contribution in [-0.2, 0) is 21.2 Å². The van der Waals surface area contributed by atoms with Gasteiger partial charge in [0.05, 0.1) is 28.9 Å². The van der Waals surface area contributed by atoms with Crippen LogP contribution >= 0.6 is 0 Å². The Labute approximate surface area is 206 Å². The number of nitrogens with one attached hydrogen (secondary N) is 2. The minimum atomic E-state index is -3.98. The lowest BCUT2D eigenvalue weighted by atomic mass is 10.0. The van der Waals surface area contributed by atoms with E-state index in [4.69, 9.17) is 0 Å². The van der Waals surface area contributed by atoms with Crippen LogP contribution in [0.3, 0.4) is 0 Å². The predicted octanol–water partition coefficient (Wildman–Crippen LogP) is 4.12. The van der Waals surface area contributed by atoms with Gasteiger partial charge in [0.25, 0.3) is 0 Å². The van der Waals surface area contributed by atoms with Crippen LogP contribution in [0.25, 0.3) is 0 Å². The van der Waals surface area contributed by atoms with Crippen molar-refractivity contribution in [2.75, 3.05) is 6.61 Å². The number of carbonyl (C=O) groups is 1. The molecule has 0 bridgehead atoms. The third-order valence-corrected chi connectivity index (χ3v) is 6.76. The topological polar surface area (TPSA) is 120 Å². The maximum absolute atomic E-state index is 13.0. The second-order valence-electron chi connectivity index (χ2n) is 8.45. The Kier molecular flexibility index (Phi) is 9.25. The molecule has 0 saturated heterocycles. The van der Waals surface area contributed by atoms with Crippen molar-refractivity contribution in [1.29, 1.82) is 0 Å². The van der Waals surface area contributed by atoms with Crippen molar-refractivity contribution >= 4 is 27.3 Å². The van der Waals surface area contributed by atoms with E-state index >= 15 is 0 Å². The zero-order valence-corrected chi connectivity index (χ0v) is 20.5. The molecule has 0 aliphatic rings. The molecule has 3 rings (SSSR count). The fourth-order valence-electron chi connectivity index (χ4n) is 3.38. The molecule has 0 unspecified atom stereocenters. The van der Waals surface area contributed by atoms with E-state index < -0.39 is 28.0 Å². The number of azo groups is 1. The van der Waals surface area contributed by atoms with Gasteiger partial charge in [0, 0.05) is 0 Å². The van der Waals surface area contributed by atoms with Crippen LogP contribution in [0.4, 0.5) is 11.4 Å². The number of hydrogen-bond acceptors (Lipinski definition) is 6. The number of benzene rings is 3. The maximum atomic E-state index is 13.0. The van der Waals surface area contributed by atoms with Crippen LogP contribution in [0.2, 0.25) is 0 Å². The molecule has 35 heavy (non-hydrogen) atoms. The summed E-state index contributed by atoms with van der Waals surface area (Å²) in [6.45, 7) is 3.24. The highest BCUT2D eigenvalue weighted by molar-refractivity contribution is 7.89. The van der Waals surface area contributed by atoms with E-state index in [-0.39, 0.29) is 17.4 Å². The highest BCUT2D eigenvalue weighted by Gasteiger charge is 2.29. The lowest BCUT2D eigenvalue weighted by molar-refractivity contribution is -0.124. The molecular formula is C26H30N4O4S. The summed E-state index contributed by atoms with van der Waals surface area (Å²) in [5, 5.41) is 20.7. The van der Waals surface area contributed by atoms with Gasteiger partial charge in [-0.1, -0.05) is 62.4 Å². The van der Waals surface area contributed by atoms with E-state index in [1.165, 1.54) is 12.1 Å². The molecule has 0 aliphatic heterocycles. The molecule has 3 N–H and O–H groups in total. The van der Waals surface area contributed by atoms with Gasteiger partial charge in [0.1, 0.15) is 6.04 Å². The van der Waals surface area contributed by atoms with Crippen LogP contribution in [0, 0.1) is 5.92 Å². The fraction of sp³-hybridized carbons (Fsp3) is 0.269. The summed E-state index contributed by atoms with van der Waals surface area (Å²) in [5.74, 6) is -0.813. The Morgan fingerprint density at radius 1 is 0.857 bits per heavy atom. The van der Waals surface area contributed by atoms with Crippen molar-refractivity contribution < 1.29 is 18.3 Å². The van der Waals surface area contributed by atoms with Crippen LogP contribution in [0.5, 0.6) is 0 Å². The lowest BCUT2D eigenvalue weighted by Crippen LogP contribution is -2.53. The molecule has 3 aromatic rings. The van der Waals surface area contributed by atoms with Crippen molar-refractivity contribution in [3.05, 3.63) is 90.5 Å². The summed E-state index contributed by atoms with van der Waals surface area (Å²) < 4.78 is 28.5. The largest absolute Gasteiger partial charge is 0.394 e. The molecule has 0 heterocycles. The van der Waals surface area contributed by atoms with Crippen LogP contribution in [0.15, 0.2) is 100 Å². The molecule has 9 heteroatoms. The molecule has 0 fully saturated rings. The highest BCUT2D eigenvalue weighted by atomic mass is 32.2. The average Bonchev–Trinajstić information content (AvgIpc) is 2.87. The third-order valence-electron chi connectivity index (χ3n) is 5.31. The number of carbonyl (C=O) groups excluding carboxylic acids is 1. The summed E-state index contributed by atoms with van der Waals surface area (Å²) in [5.41, 5.74) is 2.14. The first-order valence-corrected chi connectivity index (χ1v) is 12.8. The SMILES string of the molecule is CC(C)[C@H](NS(=O)(=O)c1ccc(N=Nc2ccccc2)cc1)C(=O)N[C@H](CO)Cc1ccccc1. The Hall–Kier alpha value is -3.40. The first-order valence-electron chi connectivity index (χ1n) is 11.3. The van der Waals surface area contributed by atoms with E-state index in [2.05, 4.69) is 20.3 Å². The zero-order chi connectivity index (χ0) is 25.3. The number of nitrogens with zero attached hydrogens (tertiary/aromatic N) is 2. The van der Waals surface area contributed by atoms with Crippen LogP contribution < -0.4 is 10.0 Å². The minimum Gasteiger partial charge on any atom is -0.394 e. The molecule has 0 saturated carbocycles. The quantitative estimate of drug-likeness (QED) is 0.347. The summed E-state index contributed by atoms with van der Waals surface area (Å²) >= 11 is 0. The van der Waals surface area contributed by atoms with Gasteiger partial charge in [0.15, 0.2) is 0 Å². The number of sulfonamides is 1.